The highest BCUT2D eigenvalue weighted by atomic mass is 35.5. The first kappa shape index (κ1) is 24.8. The predicted octanol–water partition coefficient (Wildman–Crippen LogP) is 3.25. The van der Waals surface area contributed by atoms with Gasteiger partial charge in [0.2, 0.25) is 0 Å². The van der Waals surface area contributed by atoms with Crippen molar-refractivity contribution in [1.82, 2.24) is 30.5 Å². The lowest BCUT2D eigenvalue weighted by atomic mass is 10.2. The Kier molecular flexibility index (Phi) is 7.61. The second-order valence-corrected chi connectivity index (χ2v) is 8.39. The number of nitrogens with one attached hydrogen (secondary N) is 1. The van der Waals surface area contributed by atoms with E-state index < -0.39 is 29.5 Å². The third-order valence-electron chi connectivity index (χ3n) is 4.07. The van der Waals surface area contributed by atoms with Crippen LogP contribution in [0.2, 0.25) is 5.02 Å². The molecule has 3 aromatic rings. The molecule has 0 saturated carbocycles. The van der Waals surface area contributed by atoms with Gasteiger partial charge in [-0.25, -0.2) is 19.0 Å². The summed E-state index contributed by atoms with van der Waals surface area (Å²) in [6.07, 6.45) is 0.417. The number of ether oxygens (including phenoxy) is 3. The highest BCUT2D eigenvalue weighted by molar-refractivity contribution is 6.30. The Bertz CT molecular complexity index is 1170. The first-order chi connectivity index (χ1) is 16.0. The molecule has 0 spiro atoms. The molecule has 0 aliphatic rings. The highest BCUT2D eigenvalue weighted by Gasteiger charge is 2.27. The molecule has 11 nitrogen and oxygen atoms in total. The number of nitrogens with zero attached hydrogens (tertiary/aromatic N) is 5. The van der Waals surface area contributed by atoms with E-state index in [-0.39, 0.29) is 23.1 Å². The second kappa shape index (κ2) is 10.4. The van der Waals surface area contributed by atoms with Crippen LogP contribution in [-0.2, 0) is 20.7 Å². The number of tetrazole rings is 1. The zero-order valence-electron chi connectivity index (χ0n) is 18.8. The van der Waals surface area contributed by atoms with Gasteiger partial charge in [-0.1, -0.05) is 11.6 Å². The summed E-state index contributed by atoms with van der Waals surface area (Å²) >= 11 is 5.68. The number of rotatable bonds is 7. The van der Waals surface area contributed by atoms with Crippen molar-refractivity contribution in [1.29, 1.82) is 0 Å². The van der Waals surface area contributed by atoms with Crippen molar-refractivity contribution < 1.29 is 28.2 Å². The standard InChI is InChI=1S/C21H22ClFN6O5/c1-21(2,3)34-20(31)25-16(19(30)32-4)10-17-26-28-29(27-17)13-5-7-14(8-6-13)33-18-15(23)9-12(22)11-24-18/h5-9,11,16H,10H2,1-4H3,(H,25,31). The summed E-state index contributed by atoms with van der Waals surface area (Å²) in [6, 6.07) is 6.38. The van der Waals surface area contributed by atoms with Gasteiger partial charge in [-0.2, -0.15) is 0 Å². The van der Waals surface area contributed by atoms with E-state index in [1.54, 1.807) is 45.0 Å². The molecule has 1 amide bonds. The fourth-order valence-corrected chi connectivity index (χ4v) is 2.78. The summed E-state index contributed by atoms with van der Waals surface area (Å²) in [5, 5.41) is 14.7. The molecular formula is C21H22ClFN6O5. The molecule has 34 heavy (non-hydrogen) atoms. The number of methoxy groups -OCH3 is 1. The lowest BCUT2D eigenvalue weighted by Gasteiger charge is -2.22. The summed E-state index contributed by atoms with van der Waals surface area (Å²) in [5.41, 5.74) is -0.220. The van der Waals surface area contributed by atoms with Crippen LogP contribution in [0.5, 0.6) is 11.6 Å². The van der Waals surface area contributed by atoms with E-state index in [4.69, 9.17) is 25.8 Å². The number of amides is 1. The number of hydrogen-bond acceptors (Lipinski definition) is 9. The van der Waals surface area contributed by atoms with E-state index in [2.05, 4.69) is 25.7 Å². The summed E-state index contributed by atoms with van der Waals surface area (Å²) < 4.78 is 29.2. The third kappa shape index (κ3) is 6.85. The highest BCUT2D eigenvalue weighted by Crippen LogP contribution is 2.24. The average molecular weight is 493 g/mol. The van der Waals surface area contributed by atoms with Crippen LogP contribution >= 0.6 is 11.6 Å². The average Bonchev–Trinajstić information content (AvgIpc) is 3.22. The Labute approximate surface area is 199 Å². The topological polar surface area (TPSA) is 130 Å². The van der Waals surface area contributed by atoms with Gasteiger partial charge >= 0.3 is 12.1 Å². The van der Waals surface area contributed by atoms with Crippen LogP contribution in [0.3, 0.4) is 0 Å². The maximum Gasteiger partial charge on any atom is 0.408 e. The van der Waals surface area contributed by atoms with Crippen molar-refractivity contribution in [3.05, 3.63) is 53.2 Å². The van der Waals surface area contributed by atoms with E-state index in [0.29, 0.717) is 11.4 Å². The quantitative estimate of drug-likeness (QED) is 0.494. The number of halogens is 2. The van der Waals surface area contributed by atoms with Gasteiger partial charge < -0.3 is 19.5 Å². The van der Waals surface area contributed by atoms with Crippen LogP contribution in [0.1, 0.15) is 26.6 Å². The summed E-state index contributed by atoms with van der Waals surface area (Å²) in [4.78, 5) is 29.2. The normalized spacial score (nSPS) is 12.1. The molecule has 1 unspecified atom stereocenters. The molecule has 13 heteroatoms. The number of pyridine rings is 1. The van der Waals surface area contributed by atoms with E-state index in [9.17, 15) is 14.0 Å². The van der Waals surface area contributed by atoms with Gasteiger partial charge in [-0.15, -0.1) is 15.0 Å². The fourth-order valence-electron chi connectivity index (χ4n) is 2.64. The molecule has 180 valence electrons. The summed E-state index contributed by atoms with van der Waals surface area (Å²) in [7, 11) is 1.20. The largest absolute Gasteiger partial charge is 0.467 e. The van der Waals surface area contributed by atoms with Gasteiger partial charge in [-0.05, 0) is 56.3 Å². The Morgan fingerprint density at radius 1 is 1.24 bits per heavy atom. The zero-order chi connectivity index (χ0) is 24.9. The van der Waals surface area contributed by atoms with E-state index >= 15 is 0 Å². The number of carbonyl (C=O) groups excluding carboxylic acids is 2. The van der Waals surface area contributed by atoms with Crippen LogP contribution in [-0.4, -0.2) is 56.0 Å². The van der Waals surface area contributed by atoms with Crippen molar-refractivity contribution >= 4 is 23.7 Å². The van der Waals surface area contributed by atoms with E-state index in [1.165, 1.54) is 18.1 Å². The van der Waals surface area contributed by atoms with Gasteiger partial charge in [0, 0.05) is 12.6 Å². The lowest BCUT2D eigenvalue weighted by Crippen LogP contribution is -2.45. The van der Waals surface area contributed by atoms with Gasteiger partial charge in [0.25, 0.3) is 5.88 Å². The minimum absolute atomic E-state index is 0.0748. The number of esters is 1. The third-order valence-corrected chi connectivity index (χ3v) is 4.28. The molecule has 0 bridgehead atoms. The SMILES string of the molecule is COC(=O)C(Cc1nnn(-c2ccc(Oc3ncc(Cl)cc3F)cc2)n1)NC(=O)OC(C)(C)C. The van der Waals surface area contributed by atoms with Crippen molar-refractivity contribution in [3.63, 3.8) is 0 Å². The van der Waals surface area contributed by atoms with E-state index in [0.717, 1.165) is 6.07 Å². The second-order valence-electron chi connectivity index (χ2n) is 7.96. The monoisotopic (exact) mass is 492 g/mol. The Hall–Kier alpha value is -3.80. The Balaban J connectivity index is 1.68. The first-order valence-corrected chi connectivity index (χ1v) is 10.4. The van der Waals surface area contributed by atoms with Gasteiger partial charge in [0.1, 0.15) is 17.4 Å². The smallest absolute Gasteiger partial charge is 0.408 e. The van der Waals surface area contributed by atoms with Crippen LogP contribution in [0.25, 0.3) is 5.69 Å². The van der Waals surface area contributed by atoms with Gasteiger partial charge in [0.05, 0.1) is 17.8 Å². The molecule has 3 rings (SSSR count). The first-order valence-electron chi connectivity index (χ1n) is 9.99. The maximum atomic E-state index is 13.9. The maximum absolute atomic E-state index is 13.9. The molecule has 2 aromatic heterocycles. The minimum Gasteiger partial charge on any atom is -0.467 e. The summed E-state index contributed by atoms with van der Waals surface area (Å²) in [6.45, 7) is 5.10. The number of benzene rings is 1. The molecule has 0 fully saturated rings. The minimum atomic E-state index is -1.07. The number of hydrogen-bond donors (Lipinski definition) is 1. The van der Waals surface area contributed by atoms with Crippen molar-refractivity contribution in [2.75, 3.05) is 7.11 Å². The molecule has 0 aliphatic heterocycles. The van der Waals surface area contributed by atoms with Crippen molar-refractivity contribution in [2.45, 2.75) is 38.8 Å². The number of aromatic nitrogens is 5. The predicted molar refractivity (Wildman–Crippen MR) is 117 cm³/mol. The van der Waals surface area contributed by atoms with Crippen LogP contribution in [0.4, 0.5) is 9.18 Å². The molecule has 1 N–H and O–H groups in total. The molecule has 0 radical (unpaired) electrons. The number of carbonyl (C=O) groups is 2. The molecule has 1 atom stereocenters. The van der Waals surface area contributed by atoms with Gasteiger partial charge in [-0.3, -0.25) is 0 Å². The van der Waals surface area contributed by atoms with Crippen molar-refractivity contribution in [3.8, 4) is 17.3 Å². The molecular weight excluding hydrogens is 471 g/mol. The fraction of sp³-hybridized carbons (Fsp3) is 0.333. The number of alkyl carbamates (subject to hydrolysis) is 1. The zero-order valence-corrected chi connectivity index (χ0v) is 19.5. The van der Waals surface area contributed by atoms with Crippen LogP contribution in [0, 0.1) is 5.82 Å². The lowest BCUT2D eigenvalue weighted by molar-refractivity contribution is -0.143. The molecule has 2 heterocycles. The van der Waals surface area contributed by atoms with Crippen LogP contribution in [0.15, 0.2) is 36.5 Å². The van der Waals surface area contributed by atoms with Crippen LogP contribution < -0.4 is 10.1 Å². The van der Waals surface area contributed by atoms with Crippen molar-refractivity contribution in [2.24, 2.45) is 0 Å². The van der Waals surface area contributed by atoms with E-state index in [1.807, 2.05) is 0 Å². The summed E-state index contributed by atoms with van der Waals surface area (Å²) in [5.74, 6) is -1.10. The Morgan fingerprint density at radius 3 is 2.56 bits per heavy atom. The van der Waals surface area contributed by atoms with Gasteiger partial charge in [0.15, 0.2) is 11.6 Å². The Morgan fingerprint density at radius 2 is 1.94 bits per heavy atom. The molecule has 1 aromatic carbocycles. The molecule has 0 aliphatic carbocycles. The molecule has 0 saturated heterocycles.